The second kappa shape index (κ2) is 7.35. The van der Waals surface area contributed by atoms with E-state index in [0.717, 1.165) is 0 Å². The van der Waals surface area contributed by atoms with Crippen LogP contribution in [-0.2, 0) is 5.41 Å². The number of hydrogen-bond donors (Lipinski definition) is 13. The number of nitrogens with two attached hydrogens (primary N) is 1. The summed E-state index contributed by atoms with van der Waals surface area (Å²) in [6, 6.07) is 3.85. The van der Waals surface area contributed by atoms with E-state index in [9.17, 15) is 61.3 Å². The van der Waals surface area contributed by atoms with Gasteiger partial charge in [-0.2, -0.15) is 0 Å². The van der Waals surface area contributed by atoms with Gasteiger partial charge in [0.15, 0.2) is 34.5 Å². The Labute approximate surface area is 221 Å². The maximum Gasteiger partial charge on any atom is 0.208 e. The smallest absolute Gasteiger partial charge is 0.208 e. The van der Waals surface area contributed by atoms with Crippen LogP contribution in [0.15, 0.2) is 18.2 Å². The van der Waals surface area contributed by atoms with E-state index in [2.05, 4.69) is 0 Å². The fraction of sp³-hybridized carbons (Fsp3) is 0.0769. The number of phenols is 12. The van der Waals surface area contributed by atoms with Crippen molar-refractivity contribution in [3.05, 3.63) is 34.9 Å². The molecule has 0 unspecified atom stereocenters. The molecular weight excluding hydrogens is 534 g/mol. The van der Waals surface area contributed by atoms with Crippen LogP contribution >= 0.6 is 0 Å². The van der Waals surface area contributed by atoms with Crippen LogP contribution in [0, 0.1) is 0 Å². The van der Waals surface area contributed by atoms with Crippen molar-refractivity contribution < 1.29 is 66.0 Å². The van der Waals surface area contributed by atoms with Gasteiger partial charge in [-0.25, -0.2) is 0 Å². The van der Waals surface area contributed by atoms with Gasteiger partial charge in [0.05, 0.1) is 11.0 Å². The van der Waals surface area contributed by atoms with E-state index >= 15 is 0 Å². The van der Waals surface area contributed by atoms with Crippen molar-refractivity contribution in [2.75, 3.05) is 12.3 Å². The third-order valence-electron chi connectivity index (χ3n) is 7.45. The summed E-state index contributed by atoms with van der Waals surface area (Å²) in [6.45, 7) is -0.845. The molecule has 1 heterocycles. The highest BCUT2D eigenvalue weighted by atomic mass is 16.5. The van der Waals surface area contributed by atoms with Crippen molar-refractivity contribution in [1.82, 2.24) is 0 Å². The van der Waals surface area contributed by atoms with Gasteiger partial charge in [0.1, 0.15) is 6.61 Å². The number of ether oxygens (including phenoxy) is 1. The topological polar surface area (TPSA) is 278 Å². The van der Waals surface area contributed by atoms with Crippen LogP contribution in [0.25, 0.3) is 22.3 Å². The Bertz CT molecular complexity index is 1780. The number of nitrogen functional groups attached to an aromatic ring is 1. The number of hydrogen-bond acceptors (Lipinski definition) is 14. The van der Waals surface area contributed by atoms with Gasteiger partial charge in [-0.1, -0.05) is 6.07 Å². The van der Waals surface area contributed by atoms with E-state index in [1.807, 2.05) is 0 Å². The summed E-state index contributed by atoms with van der Waals surface area (Å²) in [5, 5.41) is 128. The Morgan fingerprint density at radius 1 is 0.525 bits per heavy atom. The van der Waals surface area contributed by atoms with Crippen molar-refractivity contribution >= 4 is 5.69 Å². The zero-order valence-electron chi connectivity index (χ0n) is 19.8. The molecule has 14 heteroatoms. The van der Waals surface area contributed by atoms with E-state index in [-0.39, 0.29) is 16.8 Å². The van der Waals surface area contributed by atoms with E-state index in [4.69, 9.17) is 10.5 Å². The van der Waals surface area contributed by atoms with Crippen molar-refractivity contribution in [2.24, 2.45) is 0 Å². The lowest BCUT2D eigenvalue weighted by molar-refractivity contribution is 0.247. The van der Waals surface area contributed by atoms with Gasteiger partial charge in [-0.05, 0) is 23.3 Å². The fourth-order valence-electron chi connectivity index (χ4n) is 5.71. The van der Waals surface area contributed by atoms with Crippen LogP contribution in [0.2, 0.25) is 0 Å². The van der Waals surface area contributed by atoms with Crippen molar-refractivity contribution in [3.8, 4) is 97.0 Å². The molecule has 0 bridgehead atoms. The lowest BCUT2D eigenvalue weighted by atomic mass is 9.70. The Kier molecular flexibility index (Phi) is 4.48. The lowest BCUT2D eigenvalue weighted by Crippen LogP contribution is -2.34. The first-order chi connectivity index (χ1) is 18.8. The SMILES string of the molecule is Nc1ccc2c(c1)C1(COc3c(O)c(O)c(O)c(O)c3-2)c2c(O)c(O)c(O)c(O)c2-c2c(O)c(O)c(O)c(O)c21. The molecule has 0 saturated carbocycles. The number of fused-ring (bicyclic) bond motifs is 9. The second-order valence-electron chi connectivity index (χ2n) is 9.39. The predicted molar refractivity (Wildman–Crippen MR) is 134 cm³/mol. The third kappa shape index (κ3) is 2.51. The van der Waals surface area contributed by atoms with E-state index in [1.165, 1.54) is 18.2 Å². The Morgan fingerprint density at radius 2 is 0.950 bits per heavy atom. The molecule has 0 amide bonds. The summed E-state index contributed by atoms with van der Waals surface area (Å²) in [4.78, 5) is 0. The Hall–Kier alpha value is -5.92. The van der Waals surface area contributed by atoms with Crippen LogP contribution in [0.5, 0.6) is 74.7 Å². The third-order valence-corrected chi connectivity index (χ3v) is 7.45. The van der Waals surface area contributed by atoms with Gasteiger partial charge in [-0.3, -0.25) is 0 Å². The molecule has 0 saturated heterocycles. The summed E-state index contributed by atoms with van der Waals surface area (Å²) in [5.41, 5.74) is 0.979. The summed E-state index contributed by atoms with van der Waals surface area (Å²) in [5.74, 6) is -14.2. The van der Waals surface area contributed by atoms with Gasteiger partial charge >= 0.3 is 0 Å². The standard InChI is InChI=1S/C26H19NO13/c27-5-1-2-6-7(3-5)26(4-40-25-8(6)13(28)18(33)23(38)24(25)39)11-9(14(29)19(34)21(36)16(11)31)10-12(26)17(32)22(37)20(35)15(10)30/h1-3,28-39H,4,27H2. The molecule has 0 fully saturated rings. The van der Waals surface area contributed by atoms with Crippen molar-refractivity contribution in [3.63, 3.8) is 0 Å². The maximum atomic E-state index is 11.2. The van der Waals surface area contributed by atoms with Crippen LogP contribution in [-0.4, -0.2) is 67.9 Å². The molecule has 0 aromatic heterocycles. The summed E-state index contributed by atoms with van der Waals surface area (Å²) in [6.07, 6.45) is 0. The van der Waals surface area contributed by atoms with Gasteiger partial charge in [0.25, 0.3) is 0 Å². The molecule has 0 atom stereocenters. The van der Waals surface area contributed by atoms with Gasteiger partial charge in [-0.15, -0.1) is 0 Å². The molecule has 4 aromatic carbocycles. The molecule has 14 N–H and O–H groups in total. The minimum absolute atomic E-state index is 0.0294. The molecule has 14 nitrogen and oxygen atoms in total. The quantitative estimate of drug-likeness (QED) is 0.0844. The largest absolute Gasteiger partial charge is 0.504 e. The molecule has 1 aliphatic heterocycles. The van der Waals surface area contributed by atoms with Crippen LogP contribution in [0.3, 0.4) is 0 Å². The number of phenolic OH excluding ortho intramolecular Hbond substituents is 12. The molecular formula is C26H19NO13. The van der Waals surface area contributed by atoms with Crippen molar-refractivity contribution in [2.45, 2.75) is 5.41 Å². The number of rotatable bonds is 0. The molecule has 6 rings (SSSR count). The summed E-state index contributed by atoms with van der Waals surface area (Å²) in [7, 11) is 0. The first-order valence-corrected chi connectivity index (χ1v) is 11.3. The first-order valence-electron chi connectivity index (χ1n) is 11.3. The van der Waals surface area contributed by atoms with Gasteiger partial charge < -0.3 is 71.7 Å². The number of anilines is 1. The van der Waals surface area contributed by atoms with E-state index in [1.54, 1.807) is 0 Å². The maximum absolute atomic E-state index is 11.2. The minimum atomic E-state index is -2.22. The van der Waals surface area contributed by atoms with Crippen molar-refractivity contribution in [1.29, 1.82) is 0 Å². The lowest BCUT2D eigenvalue weighted by Gasteiger charge is -2.33. The zero-order valence-corrected chi connectivity index (χ0v) is 19.8. The first kappa shape index (κ1) is 24.4. The van der Waals surface area contributed by atoms with Gasteiger partial charge in [0.2, 0.25) is 40.2 Å². The normalized spacial score (nSPS) is 14.1. The van der Waals surface area contributed by atoms with E-state index in [0.29, 0.717) is 0 Å². The molecule has 1 aliphatic carbocycles. The van der Waals surface area contributed by atoms with E-state index < -0.39 is 115 Å². The molecule has 206 valence electrons. The summed E-state index contributed by atoms with van der Waals surface area (Å²) < 4.78 is 5.80. The monoisotopic (exact) mass is 553 g/mol. The minimum Gasteiger partial charge on any atom is -0.504 e. The Balaban J connectivity index is 1.91. The van der Waals surface area contributed by atoms with Crippen LogP contribution in [0.1, 0.15) is 16.7 Å². The highest BCUT2D eigenvalue weighted by Crippen LogP contribution is 2.71. The van der Waals surface area contributed by atoms with Crippen LogP contribution in [0.4, 0.5) is 5.69 Å². The Morgan fingerprint density at radius 3 is 1.45 bits per heavy atom. The molecule has 40 heavy (non-hydrogen) atoms. The fourth-order valence-corrected chi connectivity index (χ4v) is 5.71. The highest BCUT2D eigenvalue weighted by Gasteiger charge is 2.56. The summed E-state index contributed by atoms with van der Waals surface area (Å²) >= 11 is 0. The average molecular weight is 553 g/mol. The average Bonchev–Trinajstić information content (AvgIpc) is 3.16. The molecule has 2 aliphatic rings. The molecule has 4 aromatic rings. The van der Waals surface area contributed by atoms with Crippen LogP contribution < -0.4 is 10.5 Å². The second-order valence-corrected chi connectivity index (χ2v) is 9.39. The highest BCUT2D eigenvalue weighted by molar-refractivity contribution is 6.01. The van der Waals surface area contributed by atoms with Gasteiger partial charge in [0, 0.05) is 27.9 Å². The zero-order chi connectivity index (χ0) is 29.2. The number of benzene rings is 4. The number of aromatic hydroxyl groups is 12. The predicted octanol–water partition coefficient (Wildman–Crippen LogP) is 2.11. The molecule has 0 radical (unpaired) electrons. The molecule has 1 spiro atoms.